The fourth-order valence-electron chi connectivity index (χ4n) is 5.96. The van der Waals surface area contributed by atoms with Crippen LogP contribution in [0.1, 0.15) is 51.0 Å². The minimum atomic E-state index is -0.515. The van der Waals surface area contributed by atoms with Crippen molar-refractivity contribution < 1.29 is 18.7 Å². The van der Waals surface area contributed by atoms with Crippen LogP contribution in [-0.2, 0) is 20.9 Å². The Morgan fingerprint density at radius 2 is 1.96 bits per heavy atom. The summed E-state index contributed by atoms with van der Waals surface area (Å²) in [5.41, 5.74) is -0.177. The third-order valence-electron chi connectivity index (χ3n) is 6.31. The van der Waals surface area contributed by atoms with Crippen LogP contribution in [-0.4, -0.2) is 17.4 Å². The molecule has 0 radical (unpaired) electrons. The van der Waals surface area contributed by atoms with E-state index in [0.717, 1.165) is 32.1 Å². The summed E-state index contributed by atoms with van der Waals surface area (Å²) in [5, 5.41) is 3.41. The van der Waals surface area contributed by atoms with Gasteiger partial charge in [-0.2, -0.15) is 0 Å². The van der Waals surface area contributed by atoms with E-state index in [2.05, 4.69) is 5.32 Å². The molecule has 1 N–H and O–H groups in total. The highest BCUT2D eigenvalue weighted by Gasteiger charge is 2.61. The Morgan fingerprint density at radius 1 is 1.27 bits per heavy atom. The molecule has 4 saturated carbocycles. The lowest BCUT2D eigenvalue weighted by molar-refractivity contribution is -0.177. The SMILES string of the molecule is CC(=O)NC12C[C@H]3C[C@@H](C1)CC(C(=O)OCc1ccc(F)cc1Cl)(C3)C2. The minimum Gasteiger partial charge on any atom is -0.460 e. The minimum absolute atomic E-state index is 0.0337. The largest absolute Gasteiger partial charge is 0.460 e. The molecule has 5 rings (SSSR count). The highest BCUT2D eigenvalue weighted by atomic mass is 35.5. The summed E-state index contributed by atoms with van der Waals surface area (Å²) in [6.45, 7) is 1.59. The van der Waals surface area contributed by atoms with E-state index in [0.29, 0.717) is 23.8 Å². The maximum Gasteiger partial charge on any atom is 0.312 e. The Bertz CT molecular complexity index is 751. The number of carbonyl (C=O) groups excluding carboxylic acids is 2. The third-order valence-corrected chi connectivity index (χ3v) is 6.66. The maximum atomic E-state index is 13.2. The normalized spacial score (nSPS) is 34.6. The quantitative estimate of drug-likeness (QED) is 0.804. The molecule has 6 heteroatoms. The summed E-state index contributed by atoms with van der Waals surface area (Å²) < 4.78 is 18.8. The lowest BCUT2D eigenvalue weighted by atomic mass is 9.47. The first-order chi connectivity index (χ1) is 12.3. The first-order valence-electron chi connectivity index (χ1n) is 9.19. The lowest BCUT2D eigenvalue weighted by Crippen LogP contribution is -2.64. The van der Waals surface area contributed by atoms with Crippen molar-refractivity contribution in [3.63, 3.8) is 0 Å². The Morgan fingerprint density at radius 3 is 2.58 bits per heavy atom. The van der Waals surface area contributed by atoms with Crippen molar-refractivity contribution in [2.75, 3.05) is 0 Å². The van der Waals surface area contributed by atoms with Crippen LogP contribution in [0.3, 0.4) is 0 Å². The van der Waals surface area contributed by atoms with Crippen LogP contribution in [0, 0.1) is 23.1 Å². The van der Waals surface area contributed by atoms with Crippen LogP contribution < -0.4 is 5.32 Å². The molecule has 4 aliphatic carbocycles. The molecule has 2 unspecified atom stereocenters. The molecule has 26 heavy (non-hydrogen) atoms. The summed E-state index contributed by atoms with van der Waals surface area (Å²) in [6, 6.07) is 4.08. The lowest BCUT2D eigenvalue weighted by Gasteiger charge is -2.60. The summed E-state index contributed by atoms with van der Waals surface area (Å²) in [7, 11) is 0. The molecule has 0 aliphatic heterocycles. The standard InChI is InChI=1S/C20H23ClFNO3/c1-12(24)23-20-8-13-4-14(9-20)7-19(6-13,11-20)18(25)26-10-15-2-3-16(22)5-17(15)21/h2-3,5,13-14H,4,6-11H2,1H3,(H,23,24)/t13-,14+,19?,20?. The Labute approximate surface area is 157 Å². The van der Waals surface area contributed by atoms with E-state index >= 15 is 0 Å². The van der Waals surface area contributed by atoms with Crippen molar-refractivity contribution in [3.8, 4) is 0 Å². The number of esters is 1. The van der Waals surface area contributed by atoms with Crippen LogP contribution in [0.5, 0.6) is 0 Å². The number of hydrogen-bond acceptors (Lipinski definition) is 3. The molecule has 1 aromatic rings. The monoisotopic (exact) mass is 379 g/mol. The number of rotatable bonds is 4. The van der Waals surface area contributed by atoms with Crippen LogP contribution in [0.4, 0.5) is 4.39 Å². The molecule has 0 saturated heterocycles. The van der Waals surface area contributed by atoms with E-state index < -0.39 is 11.2 Å². The Kier molecular flexibility index (Phi) is 4.25. The molecule has 4 aliphatic rings. The summed E-state index contributed by atoms with van der Waals surface area (Å²) in [5.74, 6) is 0.272. The van der Waals surface area contributed by atoms with Gasteiger partial charge in [-0.05, 0) is 62.5 Å². The summed E-state index contributed by atoms with van der Waals surface area (Å²) >= 11 is 6.03. The molecule has 4 atom stereocenters. The van der Waals surface area contributed by atoms with E-state index in [1.54, 1.807) is 13.0 Å². The summed E-state index contributed by atoms with van der Waals surface area (Å²) in [4.78, 5) is 24.7. The van der Waals surface area contributed by atoms with Crippen LogP contribution in [0.15, 0.2) is 18.2 Å². The first-order valence-corrected chi connectivity index (χ1v) is 9.57. The molecule has 4 fully saturated rings. The average molecular weight is 380 g/mol. The van der Waals surface area contributed by atoms with Gasteiger partial charge in [0.25, 0.3) is 0 Å². The first kappa shape index (κ1) is 17.8. The number of nitrogens with one attached hydrogen (secondary N) is 1. The van der Waals surface area contributed by atoms with Gasteiger partial charge in [0.15, 0.2) is 0 Å². The molecule has 4 nitrogen and oxygen atoms in total. The molecule has 4 bridgehead atoms. The van der Waals surface area contributed by atoms with Crippen molar-refractivity contribution in [3.05, 3.63) is 34.6 Å². The van der Waals surface area contributed by atoms with Gasteiger partial charge in [-0.15, -0.1) is 0 Å². The zero-order valence-electron chi connectivity index (χ0n) is 14.8. The zero-order valence-corrected chi connectivity index (χ0v) is 15.6. The van der Waals surface area contributed by atoms with Crippen molar-refractivity contribution in [2.45, 2.75) is 57.6 Å². The van der Waals surface area contributed by atoms with Crippen molar-refractivity contribution in [2.24, 2.45) is 17.3 Å². The second-order valence-corrected chi connectivity index (χ2v) is 8.92. The molecule has 0 heterocycles. The highest BCUT2D eigenvalue weighted by Crippen LogP contribution is 2.62. The zero-order chi connectivity index (χ0) is 18.5. The molecule has 1 amide bonds. The highest BCUT2D eigenvalue weighted by molar-refractivity contribution is 6.31. The Balaban J connectivity index is 1.51. The van der Waals surface area contributed by atoms with Crippen LogP contribution in [0.25, 0.3) is 0 Å². The van der Waals surface area contributed by atoms with Crippen LogP contribution >= 0.6 is 11.6 Å². The van der Waals surface area contributed by atoms with E-state index in [1.807, 2.05) is 0 Å². The van der Waals surface area contributed by atoms with Gasteiger partial charge in [0, 0.05) is 18.0 Å². The second kappa shape index (κ2) is 6.22. The second-order valence-electron chi connectivity index (χ2n) is 8.51. The van der Waals surface area contributed by atoms with Crippen molar-refractivity contribution in [1.29, 1.82) is 0 Å². The van der Waals surface area contributed by atoms with Gasteiger partial charge in [-0.3, -0.25) is 9.59 Å². The van der Waals surface area contributed by atoms with Gasteiger partial charge in [0.2, 0.25) is 5.91 Å². The van der Waals surface area contributed by atoms with Crippen LogP contribution in [0.2, 0.25) is 5.02 Å². The predicted molar refractivity (Wildman–Crippen MR) is 94.9 cm³/mol. The molecule has 1 aromatic carbocycles. The molecular formula is C20H23ClFNO3. The number of ether oxygens (including phenoxy) is 1. The fraction of sp³-hybridized carbons (Fsp3) is 0.600. The number of hydrogen-bond donors (Lipinski definition) is 1. The molecule has 0 spiro atoms. The number of halogens is 2. The average Bonchev–Trinajstić information content (AvgIpc) is 2.51. The number of amides is 1. The fourth-order valence-corrected chi connectivity index (χ4v) is 6.18. The number of carbonyl (C=O) groups is 2. The van der Waals surface area contributed by atoms with Crippen molar-refractivity contribution >= 4 is 23.5 Å². The molecular weight excluding hydrogens is 357 g/mol. The summed E-state index contributed by atoms with van der Waals surface area (Å²) in [6.07, 6.45) is 5.38. The maximum absolute atomic E-state index is 13.2. The third kappa shape index (κ3) is 3.11. The molecule has 140 valence electrons. The van der Waals surface area contributed by atoms with Crippen molar-refractivity contribution in [1.82, 2.24) is 5.32 Å². The van der Waals surface area contributed by atoms with E-state index in [4.69, 9.17) is 16.3 Å². The van der Waals surface area contributed by atoms with Gasteiger partial charge in [0.05, 0.1) is 10.4 Å². The topological polar surface area (TPSA) is 55.4 Å². The Hall–Kier alpha value is -1.62. The van der Waals surface area contributed by atoms with E-state index in [-0.39, 0.29) is 29.0 Å². The van der Waals surface area contributed by atoms with E-state index in [1.165, 1.54) is 12.1 Å². The number of benzene rings is 1. The molecule has 0 aromatic heterocycles. The van der Waals surface area contributed by atoms with Gasteiger partial charge < -0.3 is 10.1 Å². The van der Waals surface area contributed by atoms with E-state index in [9.17, 15) is 14.0 Å². The van der Waals surface area contributed by atoms with Gasteiger partial charge in [0.1, 0.15) is 12.4 Å². The smallest absolute Gasteiger partial charge is 0.312 e. The predicted octanol–water partition coefficient (Wildman–Crippen LogP) is 4.00. The van der Waals surface area contributed by atoms with Gasteiger partial charge in [-0.1, -0.05) is 17.7 Å². The van der Waals surface area contributed by atoms with Gasteiger partial charge in [-0.25, -0.2) is 4.39 Å². The van der Waals surface area contributed by atoms with Gasteiger partial charge >= 0.3 is 5.97 Å².